The van der Waals surface area contributed by atoms with Gasteiger partial charge in [0.25, 0.3) is 0 Å². The number of halogens is 1. The Morgan fingerprint density at radius 2 is 2.33 bits per heavy atom. The van der Waals surface area contributed by atoms with Gasteiger partial charge in [0.05, 0.1) is 11.6 Å². The van der Waals surface area contributed by atoms with Gasteiger partial charge in [-0.05, 0) is 24.8 Å². The van der Waals surface area contributed by atoms with Crippen molar-refractivity contribution in [3.05, 3.63) is 22.8 Å². The van der Waals surface area contributed by atoms with Crippen molar-refractivity contribution in [1.82, 2.24) is 4.98 Å². The van der Waals surface area contributed by atoms with E-state index in [-0.39, 0.29) is 10.7 Å². The van der Waals surface area contributed by atoms with Crippen molar-refractivity contribution in [2.75, 3.05) is 6.61 Å². The number of rotatable bonds is 4. The number of pyridine rings is 1. The van der Waals surface area contributed by atoms with Gasteiger partial charge in [-0.25, -0.2) is 9.78 Å². The first-order valence-electron chi connectivity index (χ1n) is 4.69. The lowest BCUT2D eigenvalue weighted by molar-refractivity contribution is 0.0689. The Labute approximate surface area is 91.8 Å². The maximum absolute atomic E-state index is 10.7. The molecule has 1 N–H and O–H groups in total. The normalized spacial score (nSPS) is 15.0. The van der Waals surface area contributed by atoms with E-state index in [1.807, 2.05) is 0 Å². The zero-order valence-electron chi connectivity index (χ0n) is 7.94. The maximum Gasteiger partial charge on any atom is 0.356 e. The second-order valence-corrected chi connectivity index (χ2v) is 3.95. The Bertz CT molecular complexity index is 390. The lowest BCUT2D eigenvalue weighted by Crippen LogP contribution is -2.05. The average molecular weight is 228 g/mol. The summed E-state index contributed by atoms with van der Waals surface area (Å²) in [5.74, 6) is -0.212. The second kappa shape index (κ2) is 4.06. The number of carboxylic acids is 1. The fourth-order valence-corrected chi connectivity index (χ4v) is 1.33. The molecule has 0 bridgehead atoms. The predicted molar refractivity (Wildman–Crippen MR) is 54.4 cm³/mol. The lowest BCUT2D eigenvalue weighted by Gasteiger charge is -2.05. The van der Waals surface area contributed by atoms with Crippen molar-refractivity contribution >= 4 is 17.6 Å². The van der Waals surface area contributed by atoms with E-state index in [0.29, 0.717) is 18.4 Å². The van der Waals surface area contributed by atoms with Crippen LogP contribution >= 0.6 is 11.6 Å². The van der Waals surface area contributed by atoms with E-state index in [0.717, 1.165) is 0 Å². The van der Waals surface area contributed by atoms with Gasteiger partial charge >= 0.3 is 5.97 Å². The van der Waals surface area contributed by atoms with Crippen LogP contribution < -0.4 is 4.74 Å². The molecule has 1 aromatic heterocycles. The van der Waals surface area contributed by atoms with Gasteiger partial charge in [-0.2, -0.15) is 0 Å². The smallest absolute Gasteiger partial charge is 0.356 e. The number of nitrogens with zero attached hydrogens (tertiary/aromatic N) is 1. The summed E-state index contributed by atoms with van der Waals surface area (Å²) in [6, 6.07) is 3.07. The molecule has 5 heteroatoms. The summed E-state index contributed by atoms with van der Waals surface area (Å²) in [5, 5.41) is 8.90. The van der Waals surface area contributed by atoms with E-state index in [9.17, 15) is 4.79 Å². The summed E-state index contributed by atoms with van der Waals surface area (Å²) in [4.78, 5) is 14.5. The minimum absolute atomic E-state index is 0.126. The minimum atomic E-state index is -1.14. The number of aromatic nitrogens is 1. The number of aromatic carboxylic acids is 1. The molecule has 1 heterocycles. The fourth-order valence-electron chi connectivity index (χ4n) is 1.14. The van der Waals surface area contributed by atoms with E-state index >= 15 is 0 Å². The molecule has 80 valence electrons. The van der Waals surface area contributed by atoms with Gasteiger partial charge in [-0.15, -0.1) is 0 Å². The van der Waals surface area contributed by atoms with Crippen LogP contribution in [0.3, 0.4) is 0 Å². The third-order valence-corrected chi connectivity index (χ3v) is 2.49. The largest absolute Gasteiger partial charge is 0.477 e. The van der Waals surface area contributed by atoms with Gasteiger partial charge in [-0.3, -0.25) is 0 Å². The Morgan fingerprint density at radius 3 is 2.93 bits per heavy atom. The molecule has 1 saturated carbocycles. The highest BCUT2D eigenvalue weighted by Gasteiger charge is 2.22. The van der Waals surface area contributed by atoms with E-state index in [2.05, 4.69) is 4.98 Å². The summed E-state index contributed by atoms with van der Waals surface area (Å²) in [6.45, 7) is 0.605. The van der Waals surface area contributed by atoms with Crippen LogP contribution in [-0.2, 0) is 0 Å². The molecule has 4 nitrogen and oxygen atoms in total. The third kappa shape index (κ3) is 2.59. The molecule has 15 heavy (non-hydrogen) atoms. The topological polar surface area (TPSA) is 59.4 Å². The summed E-state index contributed by atoms with van der Waals surface area (Å²) in [5.41, 5.74) is -0.162. The highest BCUT2D eigenvalue weighted by atomic mass is 35.5. The van der Waals surface area contributed by atoms with Crippen molar-refractivity contribution in [3.63, 3.8) is 0 Å². The van der Waals surface area contributed by atoms with Gasteiger partial charge in [0.15, 0.2) is 5.69 Å². The highest BCUT2D eigenvalue weighted by Crippen LogP contribution is 2.29. The molecule has 0 aliphatic heterocycles. The quantitative estimate of drug-likeness (QED) is 0.857. The molecule has 0 spiro atoms. The molecule has 0 atom stereocenters. The monoisotopic (exact) mass is 227 g/mol. The number of hydrogen-bond acceptors (Lipinski definition) is 3. The highest BCUT2D eigenvalue weighted by molar-refractivity contribution is 6.33. The molecule has 2 rings (SSSR count). The van der Waals surface area contributed by atoms with Crippen LogP contribution in [0.4, 0.5) is 0 Å². The number of carboxylic acid groups (broad SMARTS) is 1. The second-order valence-electron chi connectivity index (χ2n) is 3.54. The molecule has 0 saturated heterocycles. The Morgan fingerprint density at radius 1 is 1.60 bits per heavy atom. The zero-order chi connectivity index (χ0) is 10.8. The molecule has 1 aromatic rings. The zero-order valence-corrected chi connectivity index (χ0v) is 8.70. The average Bonchev–Trinajstić information content (AvgIpc) is 3.00. The summed E-state index contributed by atoms with van der Waals surface area (Å²) < 4.78 is 5.34. The van der Waals surface area contributed by atoms with E-state index in [4.69, 9.17) is 21.4 Å². The van der Waals surface area contributed by atoms with Crippen molar-refractivity contribution in [1.29, 1.82) is 0 Å². The first-order valence-corrected chi connectivity index (χ1v) is 5.07. The van der Waals surface area contributed by atoms with Crippen LogP contribution in [0.5, 0.6) is 5.88 Å². The molecule has 1 aliphatic rings. The van der Waals surface area contributed by atoms with Crippen molar-refractivity contribution in [2.45, 2.75) is 12.8 Å². The Balaban J connectivity index is 2.10. The van der Waals surface area contributed by atoms with Crippen LogP contribution in [0.15, 0.2) is 12.1 Å². The van der Waals surface area contributed by atoms with Gasteiger partial charge in [0.2, 0.25) is 5.88 Å². The van der Waals surface area contributed by atoms with Crippen molar-refractivity contribution in [2.24, 2.45) is 5.92 Å². The van der Waals surface area contributed by atoms with Crippen molar-refractivity contribution < 1.29 is 14.6 Å². The third-order valence-electron chi connectivity index (χ3n) is 2.19. The Kier molecular flexibility index (Phi) is 2.77. The molecule has 1 fully saturated rings. The van der Waals surface area contributed by atoms with E-state index in [1.54, 1.807) is 6.07 Å². The first kappa shape index (κ1) is 10.2. The molecular formula is C10H10ClNO3. The predicted octanol–water partition coefficient (Wildman–Crippen LogP) is 2.22. The standard InChI is InChI=1S/C10H10ClNO3/c11-7-3-4-8(12-9(7)10(13)14)15-5-6-1-2-6/h3-4,6H,1-2,5H2,(H,13,14). The van der Waals surface area contributed by atoms with Crippen LogP contribution in [0.1, 0.15) is 23.3 Å². The minimum Gasteiger partial charge on any atom is -0.477 e. The first-order chi connectivity index (χ1) is 7.16. The number of carbonyl (C=O) groups is 1. The molecule has 0 radical (unpaired) electrons. The van der Waals surface area contributed by atoms with Gasteiger partial charge in [0.1, 0.15) is 0 Å². The van der Waals surface area contributed by atoms with E-state index in [1.165, 1.54) is 18.9 Å². The van der Waals surface area contributed by atoms with Crippen LogP contribution in [0.2, 0.25) is 5.02 Å². The SMILES string of the molecule is O=C(O)c1nc(OCC2CC2)ccc1Cl. The summed E-state index contributed by atoms with van der Waals surface area (Å²) >= 11 is 5.67. The lowest BCUT2D eigenvalue weighted by atomic mass is 10.3. The summed E-state index contributed by atoms with van der Waals surface area (Å²) in [6.07, 6.45) is 2.36. The molecule has 0 amide bonds. The van der Waals surface area contributed by atoms with Gasteiger partial charge in [-0.1, -0.05) is 11.6 Å². The van der Waals surface area contributed by atoms with Crippen molar-refractivity contribution in [3.8, 4) is 5.88 Å². The van der Waals surface area contributed by atoms with Gasteiger partial charge in [0, 0.05) is 6.07 Å². The molecule has 0 unspecified atom stereocenters. The number of hydrogen-bond donors (Lipinski definition) is 1. The van der Waals surface area contributed by atoms with Crippen LogP contribution in [-0.4, -0.2) is 22.7 Å². The number of ether oxygens (including phenoxy) is 1. The molecule has 1 aliphatic carbocycles. The fraction of sp³-hybridized carbons (Fsp3) is 0.400. The summed E-state index contributed by atoms with van der Waals surface area (Å²) in [7, 11) is 0. The van der Waals surface area contributed by atoms with Crippen LogP contribution in [0, 0.1) is 5.92 Å². The maximum atomic E-state index is 10.7. The molecule has 0 aromatic carbocycles. The molecular weight excluding hydrogens is 218 g/mol. The van der Waals surface area contributed by atoms with Crippen LogP contribution in [0.25, 0.3) is 0 Å². The van der Waals surface area contributed by atoms with E-state index < -0.39 is 5.97 Å². The Hall–Kier alpha value is -1.29. The van der Waals surface area contributed by atoms with Gasteiger partial charge < -0.3 is 9.84 Å².